The summed E-state index contributed by atoms with van der Waals surface area (Å²) in [4.78, 5) is 39.1. The van der Waals surface area contributed by atoms with Crippen molar-refractivity contribution >= 4 is 38.7 Å². The number of amides is 1. The number of fused-ring (bicyclic) bond motifs is 3. The maximum absolute atomic E-state index is 13.6. The Morgan fingerprint density at radius 1 is 0.837 bits per heavy atom. The van der Waals surface area contributed by atoms with Crippen molar-refractivity contribution in [3.8, 4) is 28.5 Å². The highest BCUT2D eigenvalue weighted by molar-refractivity contribution is 6.00. The molecule has 7 rings (SSSR count). The lowest BCUT2D eigenvalue weighted by molar-refractivity contribution is 0.0705. The van der Waals surface area contributed by atoms with Crippen molar-refractivity contribution in [2.75, 3.05) is 0 Å². The summed E-state index contributed by atoms with van der Waals surface area (Å²) in [6, 6.07) is 30.0. The Bertz CT molecular complexity index is 2210. The average Bonchev–Trinajstić information content (AvgIpc) is 3.06. The van der Waals surface area contributed by atoms with E-state index in [1.165, 1.54) is 12.4 Å². The van der Waals surface area contributed by atoms with Gasteiger partial charge in [-0.2, -0.15) is 0 Å². The van der Waals surface area contributed by atoms with Gasteiger partial charge in [0.25, 0.3) is 5.91 Å². The van der Waals surface area contributed by atoms with Crippen LogP contribution in [0.1, 0.15) is 15.9 Å². The number of hydrogen-bond acceptors (Lipinski definition) is 8. The molecule has 0 unspecified atom stereocenters. The summed E-state index contributed by atoms with van der Waals surface area (Å²) in [6.45, 7) is 0.0331. The number of benzene rings is 4. The molecule has 4 aromatic carbocycles. The maximum atomic E-state index is 13.6. The molecule has 0 atom stereocenters. The highest BCUT2D eigenvalue weighted by atomic mass is 16.5. The van der Waals surface area contributed by atoms with Gasteiger partial charge in [-0.15, -0.1) is 0 Å². The lowest BCUT2D eigenvalue weighted by Crippen LogP contribution is -2.19. The Morgan fingerprint density at radius 2 is 1.58 bits per heavy atom. The maximum Gasteiger partial charge on any atom is 0.277 e. The van der Waals surface area contributed by atoms with Crippen molar-refractivity contribution < 1.29 is 19.2 Å². The van der Waals surface area contributed by atoms with Gasteiger partial charge in [-0.25, -0.2) is 20.4 Å². The second-order valence-electron chi connectivity index (χ2n) is 9.87. The molecule has 3 aromatic heterocycles. The van der Waals surface area contributed by atoms with Crippen molar-refractivity contribution in [2.24, 2.45) is 0 Å². The number of hydroxylamine groups is 1. The molecule has 9 nitrogen and oxygen atoms in total. The van der Waals surface area contributed by atoms with Crippen LogP contribution in [0.2, 0.25) is 0 Å². The number of nitrogens with one attached hydrogen (secondary N) is 1. The van der Waals surface area contributed by atoms with Crippen LogP contribution in [-0.4, -0.2) is 26.1 Å². The predicted molar refractivity (Wildman–Crippen MR) is 162 cm³/mol. The fourth-order valence-corrected chi connectivity index (χ4v) is 5.05. The van der Waals surface area contributed by atoms with Crippen LogP contribution in [-0.2, 0) is 6.61 Å². The van der Waals surface area contributed by atoms with Crippen LogP contribution in [0.25, 0.3) is 55.5 Å². The van der Waals surface area contributed by atoms with Gasteiger partial charge in [0.05, 0.1) is 22.0 Å². The molecule has 0 fully saturated rings. The van der Waals surface area contributed by atoms with Crippen molar-refractivity contribution in [1.82, 2.24) is 20.4 Å². The Kier molecular flexibility index (Phi) is 6.53. The molecule has 9 heteroatoms. The summed E-state index contributed by atoms with van der Waals surface area (Å²) in [6.07, 6.45) is 2.67. The van der Waals surface area contributed by atoms with Crippen molar-refractivity contribution in [1.29, 1.82) is 0 Å². The first-order chi connectivity index (χ1) is 21.1. The minimum absolute atomic E-state index is 0.0331. The number of hydrogen-bond donors (Lipinski definition) is 2. The van der Waals surface area contributed by atoms with E-state index >= 15 is 0 Å². The van der Waals surface area contributed by atoms with Crippen molar-refractivity contribution in [3.63, 3.8) is 0 Å². The summed E-state index contributed by atoms with van der Waals surface area (Å²) in [5.74, 6) is 0.0902. The van der Waals surface area contributed by atoms with Gasteiger partial charge in [0.2, 0.25) is 11.2 Å². The third kappa shape index (κ3) is 4.83. The third-order valence-corrected chi connectivity index (χ3v) is 7.13. The molecule has 1 amide bonds. The topological polar surface area (TPSA) is 127 Å². The van der Waals surface area contributed by atoms with Crippen LogP contribution in [0.3, 0.4) is 0 Å². The predicted octanol–water partition coefficient (Wildman–Crippen LogP) is 6.32. The van der Waals surface area contributed by atoms with E-state index in [9.17, 15) is 9.59 Å². The zero-order chi connectivity index (χ0) is 29.3. The zero-order valence-corrected chi connectivity index (χ0v) is 22.5. The molecule has 7 aromatic rings. The molecular formula is C34H22N4O5. The molecular weight excluding hydrogens is 544 g/mol. The summed E-state index contributed by atoms with van der Waals surface area (Å²) in [5.41, 5.74) is 5.49. The van der Waals surface area contributed by atoms with E-state index < -0.39 is 5.91 Å². The normalized spacial score (nSPS) is 11.2. The Hall–Kier alpha value is -5.93. The van der Waals surface area contributed by atoms with Crippen LogP contribution < -0.4 is 15.6 Å². The molecule has 0 saturated carbocycles. The number of pyridine rings is 1. The van der Waals surface area contributed by atoms with Gasteiger partial charge >= 0.3 is 0 Å². The minimum Gasteiger partial charge on any atom is -0.481 e. The van der Waals surface area contributed by atoms with Crippen LogP contribution in [0, 0.1) is 0 Å². The lowest BCUT2D eigenvalue weighted by atomic mass is 10.0. The van der Waals surface area contributed by atoms with Crippen molar-refractivity contribution in [3.05, 3.63) is 131 Å². The number of rotatable bonds is 6. The molecule has 0 bridgehead atoms. The molecule has 0 aliphatic rings. The molecule has 0 aliphatic carbocycles. The lowest BCUT2D eigenvalue weighted by Gasteiger charge is -2.14. The SMILES string of the molecule is O=C(NO)c1cnc(-c2cc(COc3c(-c4ccccc4)oc4ccccc4c3=O)cc3nc4ccccc4cc23)nc1. The second-order valence-corrected chi connectivity index (χ2v) is 9.87. The van der Waals surface area contributed by atoms with Crippen LogP contribution in [0.4, 0.5) is 0 Å². The highest BCUT2D eigenvalue weighted by Gasteiger charge is 2.19. The number of ether oxygens (including phenoxy) is 1. The number of para-hydroxylation sites is 2. The molecule has 2 N–H and O–H groups in total. The summed E-state index contributed by atoms with van der Waals surface area (Å²) in [5, 5.41) is 11.1. The number of carbonyl (C=O) groups is 1. The van der Waals surface area contributed by atoms with Crippen molar-refractivity contribution in [2.45, 2.75) is 6.61 Å². The Morgan fingerprint density at radius 3 is 2.40 bits per heavy atom. The molecule has 0 aliphatic heterocycles. The quantitative estimate of drug-likeness (QED) is 0.136. The van der Waals surface area contributed by atoms with E-state index in [0.717, 1.165) is 21.9 Å². The molecule has 0 radical (unpaired) electrons. The zero-order valence-electron chi connectivity index (χ0n) is 22.5. The van der Waals surface area contributed by atoms with Gasteiger partial charge in [0.15, 0.2) is 11.6 Å². The van der Waals surface area contributed by atoms with Crippen LogP contribution in [0.15, 0.2) is 119 Å². The van der Waals surface area contributed by atoms with E-state index in [2.05, 4.69) is 9.97 Å². The standard InChI is InChI=1S/C34H22N4O5/c39-30-24-11-5-7-13-29(24)43-31(21-8-2-1-3-9-21)32(30)42-19-20-14-26(33-35-17-23(18-36-33)34(40)38-41)25-16-22-10-4-6-12-27(22)37-28(25)15-20/h1-18,41H,19H2,(H,38,40). The van der Waals surface area contributed by atoms with E-state index in [-0.39, 0.29) is 23.3 Å². The van der Waals surface area contributed by atoms with Crippen LogP contribution in [0.5, 0.6) is 5.75 Å². The van der Waals surface area contributed by atoms with E-state index in [1.807, 2.05) is 78.9 Å². The van der Waals surface area contributed by atoms with Gasteiger partial charge in [-0.3, -0.25) is 14.8 Å². The fourth-order valence-electron chi connectivity index (χ4n) is 5.05. The molecule has 0 saturated heterocycles. The number of nitrogens with zero attached hydrogens (tertiary/aromatic N) is 3. The van der Waals surface area contributed by atoms with Gasteiger partial charge in [0.1, 0.15) is 12.2 Å². The van der Waals surface area contributed by atoms with E-state index in [4.69, 9.17) is 19.3 Å². The monoisotopic (exact) mass is 566 g/mol. The van der Waals surface area contributed by atoms with Crippen LogP contribution >= 0.6 is 0 Å². The van der Waals surface area contributed by atoms with Gasteiger partial charge < -0.3 is 9.15 Å². The van der Waals surface area contributed by atoms with E-state index in [1.54, 1.807) is 23.7 Å². The molecule has 208 valence electrons. The highest BCUT2D eigenvalue weighted by Crippen LogP contribution is 2.33. The largest absolute Gasteiger partial charge is 0.481 e. The number of aromatic nitrogens is 3. The fraction of sp³-hybridized carbons (Fsp3) is 0.0294. The average molecular weight is 567 g/mol. The second kappa shape index (κ2) is 10.8. The molecule has 43 heavy (non-hydrogen) atoms. The smallest absolute Gasteiger partial charge is 0.277 e. The molecule has 0 spiro atoms. The summed E-state index contributed by atoms with van der Waals surface area (Å²) in [7, 11) is 0. The Labute approximate surface area is 244 Å². The minimum atomic E-state index is -0.713. The Balaban J connectivity index is 1.35. The van der Waals surface area contributed by atoms with Gasteiger partial charge in [0, 0.05) is 34.3 Å². The third-order valence-electron chi connectivity index (χ3n) is 7.13. The van der Waals surface area contributed by atoms with E-state index in [0.29, 0.717) is 39.2 Å². The first kappa shape index (κ1) is 26.0. The molecule has 3 heterocycles. The van der Waals surface area contributed by atoms with Gasteiger partial charge in [-0.1, -0.05) is 60.7 Å². The summed E-state index contributed by atoms with van der Waals surface area (Å²) >= 11 is 0. The first-order valence-corrected chi connectivity index (χ1v) is 13.4. The number of carbonyl (C=O) groups excluding carboxylic acids is 1. The van der Waals surface area contributed by atoms with Gasteiger partial charge in [-0.05, 0) is 42.0 Å². The first-order valence-electron chi connectivity index (χ1n) is 13.4. The summed E-state index contributed by atoms with van der Waals surface area (Å²) < 4.78 is 12.4.